The van der Waals surface area contributed by atoms with Gasteiger partial charge in [-0.1, -0.05) is 6.07 Å². The van der Waals surface area contributed by atoms with Gasteiger partial charge in [-0.15, -0.1) is 5.10 Å². The van der Waals surface area contributed by atoms with Crippen LogP contribution in [0.15, 0.2) is 47.5 Å². The van der Waals surface area contributed by atoms with E-state index in [0.29, 0.717) is 62.0 Å². The summed E-state index contributed by atoms with van der Waals surface area (Å²) in [7, 11) is 0. The van der Waals surface area contributed by atoms with Crippen molar-refractivity contribution in [2.24, 2.45) is 0 Å². The highest BCUT2D eigenvalue weighted by Crippen LogP contribution is 2.33. The fourth-order valence-corrected chi connectivity index (χ4v) is 4.72. The molecule has 2 aliphatic rings. The Hall–Kier alpha value is -3.83. The lowest BCUT2D eigenvalue weighted by Gasteiger charge is -2.22. The maximum atomic E-state index is 13.1. The Kier molecular flexibility index (Phi) is 6.31. The predicted molar refractivity (Wildman–Crippen MR) is 130 cm³/mol. The van der Waals surface area contributed by atoms with E-state index in [4.69, 9.17) is 14.2 Å². The second kappa shape index (κ2) is 10.0. The summed E-state index contributed by atoms with van der Waals surface area (Å²) in [5.41, 5.74) is 2.25. The Balaban J connectivity index is 1.28. The first-order chi connectivity index (χ1) is 17.7. The molecule has 1 N–H and O–H groups in total. The Labute approximate surface area is 207 Å². The Morgan fingerprint density at radius 2 is 1.97 bits per heavy atom. The molecule has 0 bridgehead atoms. The first-order valence-electron chi connectivity index (χ1n) is 12.1. The van der Waals surface area contributed by atoms with E-state index in [9.17, 15) is 4.79 Å². The molecule has 1 atom stereocenters. The van der Waals surface area contributed by atoms with Crippen molar-refractivity contribution >= 4 is 10.9 Å². The molecule has 0 saturated carbocycles. The third-order valence-corrected chi connectivity index (χ3v) is 6.48. The van der Waals surface area contributed by atoms with Gasteiger partial charge in [0.2, 0.25) is 0 Å². The summed E-state index contributed by atoms with van der Waals surface area (Å²) in [5.74, 6) is 2.06. The number of nitrogens with one attached hydrogen (secondary N) is 1. The van der Waals surface area contributed by atoms with Crippen molar-refractivity contribution in [3.63, 3.8) is 0 Å². The molecule has 0 amide bonds. The van der Waals surface area contributed by atoms with Crippen LogP contribution in [0.1, 0.15) is 29.8 Å². The summed E-state index contributed by atoms with van der Waals surface area (Å²) in [4.78, 5) is 22.5. The van der Waals surface area contributed by atoms with Crippen LogP contribution in [-0.2, 0) is 30.9 Å². The van der Waals surface area contributed by atoms with E-state index in [-0.39, 0.29) is 11.7 Å². The zero-order valence-corrected chi connectivity index (χ0v) is 19.8. The summed E-state index contributed by atoms with van der Waals surface area (Å²) in [5, 5.41) is 13.3. The van der Waals surface area contributed by atoms with Gasteiger partial charge in [-0.2, -0.15) is 0 Å². The lowest BCUT2D eigenvalue weighted by atomic mass is 10.1. The van der Waals surface area contributed by atoms with Crippen LogP contribution in [0.2, 0.25) is 0 Å². The second-order valence-corrected chi connectivity index (χ2v) is 9.13. The van der Waals surface area contributed by atoms with Gasteiger partial charge < -0.3 is 19.2 Å². The zero-order chi connectivity index (χ0) is 24.3. The normalized spacial score (nSPS) is 17.2. The van der Waals surface area contributed by atoms with Crippen molar-refractivity contribution in [3.8, 4) is 11.5 Å². The smallest absolute Gasteiger partial charge is 0.252 e. The highest BCUT2D eigenvalue weighted by molar-refractivity contribution is 5.83. The molecule has 2 aliphatic heterocycles. The third kappa shape index (κ3) is 4.93. The number of H-pyrrole nitrogens is 1. The summed E-state index contributed by atoms with van der Waals surface area (Å²) in [6, 6.07) is 9.57. The number of aromatic amines is 1. The molecule has 3 aromatic heterocycles. The molecule has 1 aromatic carbocycles. The average Bonchev–Trinajstić information content (AvgIpc) is 3.56. The number of rotatable bonds is 8. The number of pyridine rings is 2. The number of nitrogens with zero attached hydrogens (tertiary/aromatic N) is 6. The highest BCUT2D eigenvalue weighted by Gasteiger charge is 2.21. The van der Waals surface area contributed by atoms with Gasteiger partial charge in [-0.05, 0) is 47.0 Å². The predicted octanol–water partition coefficient (Wildman–Crippen LogP) is 2.06. The zero-order valence-electron chi connectivity index (χ0n) is 19.8. The maximum absolute atomic E-state index is 13.1. The lowest BCUT2D eigenvalue weighted by molar-refractivity contribution is 0.0914. The van der Waals surface area contributed by atoms with Gasteiger partial charge >= 0.3 is 0 Å². The van der Waals surface area contributed by atoms with E-state index in [2.05, 4.69) is 30.4 Å². The molecule has 186 valence electrons. The van der Waals surface area contributed by atoms with Crippen LogP contribution in [0.25, 0.3) is 10.9 Å². The quantitative estimate of drug-likeness (QED) is 0.396. The molecule has 1 saturated heterocycles. The van der Waals surface area contributed by atoms with Crippen molar-refractivity contribution in [1.82, 2.24) is 35.1 Å². The number of tetrazole rings is 1. The maximum Gasteiger partial charge on any atom is 0.252 e. The van der Waals surface area contributed by atoms with Crippen LogP contribution >= 0.6 is 0 Å². The number of hydrogen-bond donors (Lipinski definition) is 1. The topological polar surface area (TPSA) is 120 Å². The van der Waals surface area contributed by atoms with Crippen molar-refractivity contribution in [2.75, 3.05) is 19.8 Å². The summed E-state index contributed by atoms with van der Waals surface area (Å²) in [6.45, 7) is 3.85. The largest absolute Gasteiger partial charge is 0.486 e. The van der Waals surface area contributed by atoms with E-state index in [1.807, 2.05) is 36.5 Å². The van der Waals surface area contributed by atoms with E-state index < -0.39 is 0 Å². The minimum Gasteiger partial charge on any atom is -0.486 e. The molecule has 6 rings (SSSR count). The molecule has 1 fully saturated rings. The molecule has 0 aliphatic carbocycles. The molecule has 11 heteroatoms. The number of ether oxygens (including phenoxy) is 3. The van der Waals surface area contributed by atoms with Crippen LogP contribution in [0.4, 0.5) is 0 Å². The molecular weight excluding hydrogens is 462 g/mol. The van der Waals surface area contributed by atoms with Gasteiger partial charge in [0, 0.05) is 49.1 Å². The van der Waals surface area contributed by atoms with Crippen molar-refractivity contribution in [3.05, 3.63) is 70.0 Å². The van der Waals surface area contributed by atoms with Gasteiger partial charge in [0.15, 0.2) is 17.3 Å². The number of hydrogen-bond acceptors (Lipinski definition) is 9. The van der Waals surface area contributed by atoms with Gasteiger partial charge in [0.25, 0.3) is 5.56 Å². The van der Waals surface area contributed by atoms with Crippen LogP contribution in [0.5, 0.6) is 11.5 Å². The Bertz CT molecular complexity index is 1400. The minimum atomic E-state index is -0.144. The van der Waals surface area contributed by atoms with E-state index in [1.165, 1.54) is 0 Å². The SMILES string of the molecule is O=c1[nH]c2cc3c(cc2cc1CN(Cc1cccnc1)Cc1nnnn1C[C@@H]1CCCO1)OCCO3. The van der Waals surface area contributed by atoms with Crippen LogP contribution in [-0.4, -0.2) is 61.0 Å². The molecule has 11 nitrogen and oxygen atoms in total. The van der Waals surface area contributed by atoms with Gasteiger partial charge in [-0.3, -0.25) is 14.7 Å². The molecule has 0 radical (unpaired) electrons. The first kappa shape index (κ1) is 22.6. The number of fused-ring (bicyclic) bond motifs is 2. The van der Waals surface area contributed by atoms with Gasteiger partial charge in [0.1, 0.15) is 13.2 Å². The number of benzene rings is 1. The van der Waals surface area contributed by atoms with Gasteiger partial charge in [0.05, 0.1) is 24.7 Å². The van der Waals surface area contributed by atoms with Gasteiger partial charge in [-0.25, -0.2) is 4.68 Å². The molecule has 5 heterocycles. The fourth-order valence-electron chi connectivity index (χ4n) is 4.72. The van der Waals surface area contributed by atoms with E-state index in [1.54, 1.807) is 10.9 Å². The van der Waals surface area contributed by atoms with Crippen molar-refractivity contribution < 1.29 is 14.2 Å². The fraction of sp³-hybridized carbons (Fsp3) is 0.400. The molecule has 4 aromatic rings. The van der Waals surface area contributed by atoms with Crippen molar-refractivity contribution in [1.29, 1.82) is 0 Å². The molecular formula is C25H27N7O4. The van der Waals surface area contributed by atoms with E-state index in [0.717, 1.165) is 36.2 Å². The van der Waals surface area contributed by atoms with Crippen LogP contribution in [0, 0.1) is 0 Å². The molecule has 0 unspecified atom stereocenters. The summed E-state index contributed by atoms with van der Waals surface area (Å²) < 4.78 is 19.0. The number of aromatic nitrogens is 6. The Morgan fingerprint density at radius 1 is 1.08 bits per heavy atom. The molecule has 0 spiro atoms. The third-order valence-electron chi connectivity index (χ3n) is 6.48. The second-order valence-electron chi connectivity index (χ2n) is 9.13. The van der Waals surface area contributed by atoms with Crippen molar-refractivity contribution in [2.45, 2.75) is 45.1 Å². The van der Waals surface area contributed by atoms with Crippen LogP contribution in [0.3, 0.4) is 0 Å². The first-order valence-corrected chi connectivity index (χ1v) is 12.1. The molecule has 36 heavy (non-hydrogen) atoms. The average molecular weight is 490 g/mol. The van der Waals surface area contributed by atoms with Crippen LogP contribution < -0.4 is 15.0 Å². The summed E-state index contributed by atoms with van der Waals surface area (Å²) >= 11 is 0. The Morgan fingerprint density at radius 3 is 2.78 bits per heavy atom. The lowest BCUT2D eigenvalue weighted by Crippen LogP contribution is -2.29. The standard InChI is InChI=1S/C25H27N7O4/c33-25-19(9-18-10-22-23(11-21(18)27-25)36-8-7-35-22)14-31(13-17-3-1-5-26-12-17)16-24-28-29-30-32(24)15-20-4-2-6-34-20/h1,3,5,9-12,20H,2,4,6-8,13-16H2,(H,27,33)/t20-/m0/s1. The summed E-state index contributed by atoms with van der Waals surface area (Å²) in [6.07, 6.45) is 5.76. The minimum absolute atomic E-state index is 0.125. The van der Waals surface area contributed by atoms with E-state index >= 15 is 0 Å². The monoisotopic (exact) mass is 489 g/mol. The highest BCUT2D eigenvalue weighted by atomic mass is 16.6.